The molecule has 1 saturated carbocycles. The Balaban J connectivity index is 1.34. The maximum absolute atomic E-state index is 12.6. The number of carbonyl (C=O) groups excluding carboxylic acids is 1. The molecule has 0 spiro atoms. The average molecular weight is 516 g/mol. The van der Waals surface area contributed by atoms with E-state index < -0.39 is 4.92 Å². The highest BCUT2D eigenvalue weighted by atomic mass is 16.6. The summed E-state index contributed by atoms with van der Waals surface area (Å²) in [6, 6.07) is 18.7. The fourth-order valence-corrected chi connectivity index (χ4v) is 4.41. The number of ether oxygens (including phenoxy) is 2. The predicted octanol–water partition coefficient (Wildman–Crippen LogP) is 6.04. The average Bonchev–Trinajstić information content (AvgIpc) is 3.68. The number of hydrogen-bond acceptors (Lipinski definition) is 6. The molecular weight excluding hydrogens is 482 g/mol. The van der Waals surface area contributed by atoms with Crippen LogP contribution in [0.3, 0.4) is 0 Å². The van der Waals surface area contributed by atoms with Crippen molar-refractivity contribution >= 4 is 17.8 Å². The number of hydrazone groups is 1. The number of nitro benzene ring substituents is 1. The van der Waals surface area contributed by atoms with Gasteiger partial charge in [-0.15, -0.1) is 0 Å². The van der Waals surface area contributed by atoms with Crippen LogP contribution in [0.15, 0.2) is 65.8 Å². The maximum Gasteiger partial charge on any atom is 0.272 e. The molecule has 1 fully saturated rings. The first-order valence-electron chi connectivity index (χ1n) is 12.5. The standard InChI is InChI=1S/C30H33N3O5/c1-19-14-24(11-12-27(19)33(35)36)38-18-22-15-20(6-13-28(22)37-5)17-31-32-29(34)26-16-25(26)21-7-9-23(10-8-21)30(2,3)4/h6-15,17,25-26H,16,18H2,1-5H3,(H,32,34)/b31-17+. The number of benzene rings is 3. The topological polar surface area (TPSA) is 103 Å². The molecule has 2 atom stereocenters. The summed E-state index contributed by atoms with van der Waals surface area (Å²) in [4.78, 5) is 23.2. The van der Waals surface area contributed by atoms with Crippen LogP contribution in [0.1, 0.15) is 60.9 Å². The van der Waals surface area contributed by atoms with Gasteiger partial charge in [-0.25, -0.2) is 5.43 Å². The molecule has 0 saturated heterocycles. The minimum Gasteiger partial charge on any atom is -0.496 e. The Morgan fingerprint density at radius 2 is 1.87 bits per heavy atom. The SMILES string of the molecule is COc1ccc(/C=N/NC(=O)C2CC2c2ccc(C(C)(C)C)cc2)cc1COc1ccc([N+](=O)[O-])c(C)c1. The molecule has 198 valence electrons. The molecule has 3 aromatic rings. The second-order valence-electron chi connectivity index (χ2n) is 10.6. The van der Waals surface area contributed by atoms with E-state index in [4.69, 9.17) is 9.47 Å². The Morgan fingerprint density at radius 3 is 2.50 bits per heavy atom. The van der Waals surface area contributed by atoms with E-state index >= 15 is 0 Å². The zero-order chi connectivity index (χ0) is 27.4. The quantitative estimate of drug-likeness (QED) is 0.213. The molecule has 3 aromatic carbocycles. The van der Waals surface area contributed by atoms with Crippen molar-refractivity contribution in [2.24, 2.45) is 11.0 Å². The van der Waals surface area contributed by atoms with Gasteiger partial charge in [-0.3, -0.25) is 14.9 Å². The van der Waals surface area contributed by atoms with Crippen molar-refractivity contribution in [3.63, 3.8) is 0 Å². The normalized spacial score (nSPS) is 16.8. The van der Waals surface area contributed by atoms with Gasteiger partial charge < -0.3 is 9.47 Å². The van der Waals surface area contributed by atoms with Gasteiger partial charge >= 0.3 is 0 Å². The van der Waals surface area contributed by atoms with Gasteiger partial charge in [0.15, 0.2) is 0 Å². The second kappa shape index (κ2) is 11.0. The number of carbonyl (C=O) groups is 1. The third kappa shape index (κ3) is 6.37. The van der Waals surface area contributed by atoms with E-state index in [2.05, 4.69) is 55.6 Å². The van der Waals surface area contributed by atoms with Gasteiger partial charge in [-0.2, -0.15) is 5.10 Å². The summed E-state index contributed by atoms with van der Waals surface area (Å²) < 4.78 is 11.3. The Bertz CT molecular complexity index is 1360. The summed E-state index contributed by atoms with van der Waals surface area (Å²) in [5.74, 6) is 1.23. The molecule has 0 radical (unpaired) electrons. The molecule has 38 heavy (non-hydrogen) atoms. The van der Waals surface area contributed by atoms with Crippen LogP contribution < -0.4 is 14.9 Å². The van der Waals surface area contributed by atoms with Crippen molar-refractivity contribution in [2.45, 2.75) is 52.1 Å². The molecule has 8 heteroatoms. The molecule has 2 unspecified atom stereocenters. The molecule has 4 rings (SSSR count). The third-order valence-electron chi connectivity index (χ3n) is 6.78. The lowest BCUT2D eigenvalue weighted by Crippen LogP contribution is -2.20. The Labute approximate surface area is 222 Å². The van der Waals surface area contributed by atoms with Gasteiger partial charge in [0.05, 0.1) is 18.2 Å². The van der Waals surface area contributed by atoms with Crippen molar-refractivity contribution in [3.05, 3.63) is 98.6 Å². The van der Waals surface area contributed by atoms with Crippen LogP contribution in [0.4, 0.5) is 5.69 Å². The highest BCUT2D eigenvalue weighted by Crippen LogP contribution is 2.47. The van der Waals surface area contributed by atoms with Crippen LogP contribution in [0.5, 0.6) is 11.5 Å². The highest BCUT2D eigenvalue weighted by molar-refractivity contribution is 5.85. The minimum absolute atomic E-state index is 0.0474. The van der Waals surface area contributed by atoms with Gasteiger partial charge in [0.1, 0.15) is 18.1 Å². The van der Waals surface area contributed by atoms with Crippen molar-refractivity contribution in [1.82, 2.24) is 5.43 Å². The number of nitro groups is 1. The smallest absolute Gasteiger partial charge is 0.272 e. The number of amides is 1. The molecule has 0 heterocycles. The van der Waals surface area contributed by atoms with Crippen LogP contribution in [0.2, 0.25) is 0 Å². The van der Waals surface area contributed by atoms with Crippen LogP contribution in [-0.2, 0) is 16.8 Å². The Hall–Kier alpha value is -4.20. The molecule has 1 aliphatic carbocycles. The predicted molar refractivity (Wildman–Crippen MR) is 147 cm³/mol. The summed E-state index contributed by atoms with van der Waals surface area (Å²) in [5.41, 5.74) is 7.35. The number of nitrogens with one attached hydrogen (secondary N) is 1. The summed E-state index contributed by atoms with van der Waals surface area (Å²) >= 11 is 0. The largest absolute Gasteiger partial charge is 0.496 e. The van der Waals surface area contributed by atoms with Crippen molar-refractivity contribution in [3.8, 4) is 11.5 Å². The molecule has 0 aromatic heterocycles. The molecule has 1 amide bonds. The van der Waals surface area contributed by atoms with E-state index in [9.17, 15) is 14.9 Å². The lowest BCUT2D eigenvalue weighted by Gasteiger charge is -2.19. The summed E-state index contributed by atoms with van der Waals surface area (Å²) in [7, 11) is 1.57. The van der Waals surface area contributed by atoms with E-state index in [1.807, 2.05) is 12.1 Å². The maximum atomic E-state index is 12.6. The highest BCUT2D eigenvalue weighted by Gasteiger charge is 2.44. The lowest BCUT2D eigenvalue weighted by molar-refractivity contribution is -0.385. The first kappa shape index (κ1) is 26.9. The fraction of sp³-hybridized carbons (Fsp3) is 0.333. The zero-order valence-corrected chi connectivity index (χ0v) is 22.4. The molecule has 1 N–H and O–H groups in total. The second-order valence-corrected chi connectivity index (χ2v) is 10.6. The minimum atomic E-state index is -0.419. The number of nitrogens with zero attached hydrogens (tertiary/aromatic N) is 2. The van der Waals surface area contributed by atoms with Gasteiger partial charge in [0, 0.05) is 23.1 Å². The Kier molecular flexibility index (Phi) is 7.80. The number of methoxy groups -OCH3 is 1. The van der Waals surface area contributed by atoms with Crippen LogP contribution in [0.25, 0.3) is 0 Å². The van der Waals surface area contributed by atoms with Gasteiger partial charge in [0.25, 0.3) is 5.69 Å². The zero-order valence-electron chi connectivity index (χ0n) is 22.4. The molecule has 8 nitrogen and oxygen atoms in total. The number of hydrogen-bond donors (Lipinski definition) is 1. The van der Waals surface area contributed by atoms with E-state index in [0.29, 0.717) is 17.1 Å². The van der Waals surface area contributed by atoms with Gasteiger partial charge in [0.2, 0.25) is 5.91 Å². The third-order valence-corrected chi connectivity index (χ3v) is 6.78. The summed E-state index contributed by atoms with van der Waals surface area (Å²) in [6.45, 7) is 8.43. The van der Waals surface area contributed by atoms with Crippen LogP contribution in [-0.4, -0.2) is 24.2 Å². The monoisotopic (exact) mass is 515 g/mol. The molecule has 0 aliphatic heterocycles. The first-order chi connectivity index (χ1) is 18.1. The molecule has 0 bridgehead atoms. The fourth-order valence-electron chi connectivity index (χ4n) is 4.41. The lowest BCUT2D eigenvalue weighted by atomic mass is 9.86. The van der Waals surface area contributed by atoms with E-state index in [1.165, 1.54) is 17.2 Å². The van der Waals surface area contributed by atoms with E-state index in [0.717, 1.165) is 17.5 Å². The van der Waals surface area contributed by atoms with Crippen molar-refractivity contribution in [2.75, 3.05) is 7.11 Å². The number of rotatable bonds is 9. The molecular formula is C30H33N3O5. The van der Waals surface area contributed by atoms with Crippen molar-refractivity contribution < 1.29 is 19.2 Å². The van der Waals surface area contributed by atoms with Crippen molar-refractivity contribution in [1.29, 1.82) is 0 Å². The number of aryl methyl sites for hydroxylation is 1. The van der Waals surface area contributed by atoms with Gasteiger partial charge in [-0.1, -0.05) is 45.0 Å². The van der Waals surface area contributed by atoms with E-state index in [1.54, 1.807) is 38.4 Å². The van der Waals surface area contributed by atoms with Crippen LogP contribution in [0, 0.1) is 23.0 Å². The summed E-state index contributed by atoms with van der Waals surface area (Å²) in [6.07, 6.45) is 2.41. The Morgan fingerprint density at radius 1 is 1.13 bits per heavy atom. The van der Waals surface area contributed by atoms with Crippen LogP contribution >= 0.6 is 0 Å². The summed E-state index contributed by atoms with van der Waals surface area (Å²) in [5, 5.41) is 15.2. The first-order valence-corrected chi connectivity index (χ1v) is 12.5. The van der Waals surface area contributed by atoms with E-state index in [-0.39, 0.29) is 35.5 Å². The molecule has 1 aliphatic rings. The van der Waals surface area contributed by atoms with Gasteiger partial charge in [-0.05, 0) is 71.7 Å².